The predicted octanol–water partition coefficient (Wildman–Crippen LogP) is 5.02. The summed E-state index contributed by atoms with van der Waals surface area (Å²) < 4.78 is 13.2. The Morgan fingerprint density at radius 3 is 2.45 bits per heavy atom. The molecule has 1 heterocycles. The molecule has 1 N–H and O–H groups in total. The Balaban J connectivity index is 1.87. The molecule has 1 aliphatic rings. The summed E-state index contributed by atoms with van der Waals surface area (Å²) in [6.07, 6.45) is 1.17. The number of nitrogens with one attached hydrogen (secondary N) is 1. The second-order valence-electron chi connectivity index (χ2n) is 9.12. The fraction of sp³-hybridized carbons (Fsp3) is 0.417. The lowest BCUT2D eigenvalue weighted by atomic mass is 9.89. The number of amides is 2. The quantitative estimate of drug-likeness (QED) is 0.789. The van der Waals surface area contributed by atoms with E-state index < -0.39 is 0 Å². The van der Waals surface area contributed by atoms with E-state index in [9.17, 15) is 14.0 Å². The van der Waals surface area contributed by atoms with Gasteiger partial charge in [0.15, 0.2) is 0 Å². The monoisotopic (exact) mass is 396 g/mol. The molecular weight excluding hydrogens is 367 g/mol. The minimum Gasteiger partial charge on any atom is -0.334 e. The van der Waals surface area contributed by atoms with Crippen LogP contribution < -0.4 is 5.32 Å². The van der Waals surface area contributed by atoms with Gasteiger partial charge in [0, 0.05) is 30.8 Å². The number of anilines is 1. The van der Waals surface area contributed by atoms with Gasteiger partial charge in [-0.05, 0) is 60.1 Å². The number of nitrogens with zero attached hydrogens (tertiary/aromatic N) is 1. The van der Waals surface area contributed by atoms with E-state index >= 15 is 0 Å². The lowest BCUT2D eigenvalue weighted by Crippen LogP contribution is -2.38. The molecule has 0 atom stereocenters. The van der Waals surface area contributed by atoms with Gasteiger partial charge in [0.25, 0.3) is 5.91 Å². The predicted molar refractivity (Wildman–Crippen MR) is 113 cm³/mol. The first-order valence-corrected chi connectivity index (χ1v) is 10.0. The van der Waals surface area contributed by atoms with Crippen LogP contribution in [0.2, 0.25) is 0 Å². The molecule has 0 saturated heterocycles. The summed E-state index contributed by atoms with van der Waals surface area (Å²) in [4.78, 5) is 27.5. The molecule has 29 heavy (non-hydrogen) atoms. The van der Waals surface area contributed by atoms with E-state index in [4.69, 9.17) is 0 Å². The highest BCUT2D eigenvalue weighted by Crippen LogP contribution is 2.32. The average molecular weight is 397 g/mol. The molecule has 2 aromatic rings. The van der Waals surface area contributed by atoms with Crippen LogP contribution in [0.4, 0.5) is 10.1 Å². The van der Waals surface area contributed by atoms with Crippen molar-refractivity contribution in [2.45, 2.75) is 54.0 Å². The highest BCUT2D eigenvalue weighted by atomic mass is 19.1. The fourth-order valence-corrected chi connectivity index (χ4v) is 3.90. The first kappa shape index (κ1) is 21.0. The summed E-state index contributed by atoms with van der Waals surface area (Å²) >= 11 is 0. The molecule has 3 rings (SSSR count). The van der Waals surface area contributed by atoms with Crippen LogP contribution in [0.1, 0.15) is 59.8 Å². The summed E-state index contributed by atoms with van der Waals surface area (Å²) in [6.45, 7) is 11.0. The van der Waals surface area contributed by atoms with Crippen molar-refractivity contribution in [3.63, 3.8) is 0 Å². The molecule has 4 nitrogen and oxygen atoms in total. The number of hydrogen-bond acceptors (Lipinski definition) is 2. The minimum atomic E-state index is -0.286. The molecule has 1 aliphatic heterocycles. The fourth-order valence-electron chi connectivity index (χ4n) is 3.90. The van der Waals surface area contributed by atoms with Crippen molar-refractivity contribution < 1.29 is 14.0 Å². The van der Waals surface area contributed by atoms with Crippen LogP contribution in [-0.4, -0.2) is 23.3 Å². The molecule has 0 aromatic heterocycles. The Bertz CT molecular complexity index is 943. The van der Waals surface area contributed by atoms with E-state index in [1.165, 1.54) is 12.1 Å². The van der Waals surface area contributed by atoms with Gasteiger partial charge in [0.05, 0.1) is 0 Å². The van der Waals surface area contributed by atoms with E-state index in [0.717, 1.165) is 34.4 Å². The van der Waals surface area contributed by atoms with Crippen molar-refractivity contribution >= 4 is 17.5 Å². The third kappa shape index (κ3) is 4.84. The van der Waals surface area contributed by atoms with Crippen LogP contribution in [0.3, 0.4) is 0 Å². The minimum absolute atomic E-state index is 0.0422. The highest BCUT2D eigenvalue weighted by Gasteiger charge is 2.29. The SMILES string of the molecule is Cc1cc2c(c(C)c1NC(=O)CC(C)(C)C)C(=O)N(Cc1ccc(F)cc1)CC2. The van der Waals surface area contributed by atoms with Crippen molar-refractivity contribution in [1.29, 1.82) is 0 Å². The third-order valence-electron chi connectivity index (χ3n) is 5.25. The van der Waals surface area contributed by atoms with Gasteiger partial charge < -0.3 is 10.2 Å². The van der Waals surface area contributed by atoms with E-state index in [-0.39, 0.29) is 23.0 Å². The van der Waals surface area contributed by atoms with Crippen molar-refractivity contribution in [3.8, 4) is 0 Å². The molecule has 154 valence electrons. The van der Waals surface area contributed by atoms with Crippen LogP contribution in [0.5, 0.6) is 0 Å². The smallest absolute Gasteiger partial charge is 0.254 e. The Hall–Kier alpha value is -2.69. The molecule has 2 amide bonds. The number of carbonyl (C=O) groups excluding carboxylic acids is 2. The molecule has 0 unspecified atom stereocenters. The maximum Gasteiger partial charge on any atom is 0.254 e. The molecule has 0 radical (unpaired) electrons. The van der Waals surface area contributed by atoms with E-state index in [2.05, 4.69) is 5.32 Å². The standard InChI is InChI=1S/C24H29FN2O2/c1-15-12-18-10-11-27(14-17-6-8-19(25)9-7-17)23(29)21(18)16(2)22(15)26-20(28)13-24(3,4)5/h6-9,12H,10-11,13-14H2,1-5H3,(H,26,28). The lowest BCUT2D eigenvalue weighted by Gasteiger charge is -2.31. The number of carbonyl (C=O) groups is 2. The molecule has 0 saturated carbocycles. The molecular formula is C24H29FN2O2. The molecule has 0 aliphatic carbocycles. The van der Waals surface area contributed by atoms with Gasteiger partial charge in [0.2, 0.25) is 5.91 Å². The summed E-state index contributed by atoms with van der Waals surface area (Å²) in [6, 6.07) is 8.25. The number of fused-ring (bicyclic) bond motifs is 1. The van der Waals surface area contributed by atoms with Gasteiger partial charge in [-0.2, -0.15) is 0 Å². The Kier molecular flexibility index (Phi) is 5.78. The van der Waals surface area contributed by atoms with Crippen LogP contribution in [0.15, 0.2) is 30.3 Å². The number of benzene rings is 2. The molecule has 0 spiro atoms. The van der Waals surface area contributed by atoms with Crippen molar-refractivity contribution in [3.05, 3.63) is 64.0 Å². The second-order valence-corrected chi connectivity index (χ2v) is 9.12. The molecule has 2 aromatic carbocycles. The Morgan fingerprint density at radius 2 is 1.83 bits per heavy atom. The number of halogens is 1. The van der Waals surface area contributed by atoms with Gasteiger partial charge in [-0.25, -0.2) is 4.39 Å². The van der Waals surface area contributed by atoms with Crippen LogP contribution in [0, 0.1) is 25.1 Å². The van der Waals surface area contributed by atoms with Gasteiger partial charge in [-0.3, -0.25) is 9.59 Å². The van der Waals surface area contributed by atoms with Gasteiger partial charge in [-0.1, -0.05) is 39.0 Å². The summed E-state index contributed by atoms with van der Waals surface area (Å²) in [5.74, 6) is -0.375. The third-order valence-corrected chi connectivity index (χ3v) is 5.25. The van der Waals surface area contributed by atoms with Crippen LogP contribution in [-0.2, 0) is 17.8 Å². The van der Waals surface area contributed by atoms with E-state index in [0.29, 0.717) is 25.1 Å². The summed E-state index contributed by atoms with van der Waals surface area (Å²) in [5, 5.41) is 3.03. The largest absolute Gasteiger partial charge is 0.334 e. The van der Waals surface area contributed by atoms with Gasteiger partial charge in [-0.15, -0.1) is 0 Å². The summed E-state index contributed by atoms with van der Waals surface area (Å²) in [5.41, 5.74) is 5.01. The van der Waals surface area contributed by atoms with E-state index in [1.54, 1.807) is 17.0 Å². The van der Waals surface area contributed by atoms with Gasteiger partial charge >= 0.3 is 0 Å². The van der Waals surface area contributed by atoms with Crippen molar-refractivity contribution in [2.24, 2.45) is 5.41 Å². The Morgan fingerprint density at radius 1 is 1.17 bits per heavy atom. The number of rotatable bonds is 4. The van der Waals surface area contributed by atoms with Crippen LogP contribution in [0.25, 0.3) is 0 Å². The topological polar surface area (TPSA) is 49.4 Å². The zero-order valence-corrected chi connectivity index (χ0v) is 17.9. The first-order valence-electron chi connectivity index (χ1n) is 10.0. The maximum atomic E-state index is 13.2. The number of aryl methyl sites for hydroxylation is 1. The second kappa shape index (κ2) is 7.97. The zero-order valence-electron chi connectivity index (χ0n) is 17.9. The summed E-state index contributed by atoms with van der Waals surface area (Å²) in [7, 11) is 0. The average Bonchev–Trinajstić information content (AvgIpc) is 2.61. The first-order chi connectivity index (χ1) is 13.5. The molecule has 5 heteroatoms. The van der Waals surface area contributed by atoms with E-state index in [1.807, 2.05) is 40.7 Å². The normalized spacial score (nSPS) is 14.0. The maximum absolute atomic E-state index is 13.2. The lowest BCUT2D eigenvalue weighted by molar-refractivity contribution is -0.117. The Labute approximate surface area is 172 Å². The van der Waals surface area contributed by atoms with Crippen LogP contribution >= 0.6 is 0 Å². The zero-order chi connectivity index (χ0) is 21.3. The molecule has 0 bridgehead atoms. The van der Waals surface area contributed by atoms with Gasteiger partial charge in [0.1, 0.15) is 5.82 Å². The van der Waals surface area contributed by atoms with Crippen molar-refractivity contribution in [2.75, 3.05) is 11.9 Å². The number of hydrogen-bond donors (Lipinski definition) is 1. The molecule has 0 fully saturated rings. The van der Waals surface area contributed by atoms with Crippen molar-refractivity contribution in [1.82, 2.24) is 4.90 Å². The highest BCUT2D eigenvalue weighted by molar-refractivity contribution is 6.02.